The fourth-order valence-electron chi connectivity index (χ4n) is 7.84. The minimum absolute atomic E-state index is 0.00255. The second-order valence-corrected chi connectivity index (χ2v) is 18.3. The highest BCUT2D eigenvalue weighted by Gasteiger charge is 2.24. The lowest BCUT2D eigenvalue weighted by molar-refractivity contribution is 0.0358. The summed E-state index contributed by atoms with van der Waals surface area (Å²) in [6.45, 7) is 8.58. The summed E-state index contributed by atoms with van der Waals surface area (Å²) in [5.74, 6) is 1.28. The number of piperazine rings is 1. The molecule has 1 aromatic heterocycles. The number of fused-ring (bicyclic) bond motifs is 1. The van der Waals surface area contributed by atoms with E-state index >= 15 is 0 Å². The van der Waals surface area contributed by atoms with Crippen LogP contribution in [0.25, 0.3) is 22.1 Å². The molecule has 0 radical (unpaired) electrons. The van der Waals surface area contributed by atoms with Crippen LogP contribution < -0.4 is 15.1 Å². The quantitative estimate of drug-likeness (QED) is 0.0640. The molecule has 0 amide bonds. The topological polar surface area (TPSA) is 123 Å². The summed E-state index contributed by atoms with van der Waals surface area (Å²) in [6, 6.07) is 37.4. The minimum Gasteiger partial charge on any atom is -0.379 e. The van der Waals surface area contributed by atoms with Crippen molar-refractivity contribution in [2.24, 2.45) is 5.92 Å². The number of morpholine rings is 1. The molecule has 8 rings (SSSR count). The van der Waals surface area contributed by atoms with Gasteiger partial charge in [0, 0.05) is 73.2 Å². The number of anilines is 3. The number of aromatic nitrogens is 1. The summed E-state index contributed by atoms with van der Waals surface area (Å²) >= 11 is 7.96. The molecule has 3 N–H and O–H groups in total. The van der Waals surface area contributed by atoms with Crippen molar-refractivity contribution in [1.29, 1.82) is 0 Å². The number of benzene rings is 5. The lowest BCUT2D eigenvalue weighted by Crippen LogP contribution is -2.46. The lowest BCUT2D eigenvalue weighted by atomic mass is 9.96. The third-order valence-corrected chi connectivity index (χ3v) is 14.0. The van der Waals surface area contributed by atoms with Crippen LogP contribution in [0.4, 0.5) is 17.2 Å². The van der Waals surface area contributed by atoms with Crippen molar-refractivity contribution < 1.29 is 22.9 Å². The first kappa shape index (κ1) is 41.1. The zero-order valence-corrected chi connectivity index (χ0v) is 35.2. The number of hydrogen-bond donors (Lipinski definition) is 3. The van der Waals surface area contributed by atoms with E-state index < -0.39 is 10.0 Å². The van der Waals surface area contributed by atoms with Gasteiger partial charge in [-0.1, -0.05) is 77.4 Å². The van der Waals surface area contributed by atoms with E-state index in [0.29, 0.717) is 23.1 Å². The summed E-state index contributed by atoms with van der Waals surface area (Å²) < 4.78 is 41.3. The fraction of sp³-hybridized carbons (Fsp3) is 0.311. The molecule has 14 heteroatoms. The van der Waals surface area contributed by atoms with Gasteiger partial charge in [0.05, 0.1) is 29.2 Å². The van der Waals surface area contributed by atoms with Crippen molar-refractivity contribution in [2.75, 3.05) is 79.9 Å². The maximum absolute atomic E-state index is 13.7. The van der Waals surface area contributed by atoms with Gasteiger partial charge in [-0.05, 0) is 96.1 Å². The maximum atomic E-state index is 13.7. The standard InChI is InChI=1S/C45H49ClN6O5S2/c46-37-13-10-34(11-14-37)41-9-5-4-6-36(41)31-51-20-22-52(23-21-51)38-15-17-42-44(29-38)57-48-45(42)49-59(54,55)40-16-12-35(43(30-40)47-53)28-33(18-19-50-24-26-56-27-25-50)32-58-39-7-2-1-3-8-39/h1-17,29-30,33,47,53H,18-28,31-32H2,(H,48,49)/t33-/m0/s1. The number of sulfonamides is 1. The molecular formula is C45H49ClN6O5S2. The molecule has 59 heavy (non-hydrogen) atoms. The van der Waals surface area contributed by atoms with Gasteiger partial charge in [0.1, 0.15) is 0 Å². The van der Waals surface area contributed by atoms with E-state index in [-0.39, 0.29) is 16.6 Å². The summed E-state index contributed by atoms with van der Waals surface area (Å²) in [4.78, 5) is 8.41. The molecule has 2 aliphatic heterocycles. The number of nitrogens with one attached hydrogen (secondary N) is 2. The number of rotatable bonds is 16. The molecule has 6 aromatic rings. The Morgan fingerprint density at radius 2 is 1.58 bits per heavy atom. The van der Waals surface area contributed by atoms with Gasteiger partial charge in [-0.3, -0.25) is 25.2 Å². The van der Waals surface area contributed by atoms with E-state index in [9.17, 15) is 13.6 Å². The molecule has 0 unspecified atom stereocenters. The summed E-state index contributed by atoms with van der Waals surface area (Å²) in [5, 5.41) is 15.6. The molecule has 0 aliphatic carbocycles. The number of halogens is 1. The summed E-state index contributed by atoms with van der Waals surface area (Å²) in [5.41, 5.74) is 8.59. The lowest BCUT2D eigenvalue weighted by Gasteiger charge is -2.36. The van der Waals surface area contributed by atoms with E-state index in [0.717, 1.165) is 99.6 Å². The van der Waals surface area contributed by atoms with Gasteiger partial charge in [0.2, 0.25) is 0 Å². The molecule has 2 fully saturated rings. The highest BCUT2D eigenvalue weighted by Crippen LogP contribution is 2.33. The molecule has 0 saturated carbocycles. The Kier molecular flexibility index (Phi) is 13.4. The first-order valence-corrected chi connectivity index (χ1v) is 22.9. The van der Waals surface area contributed by atoms with E-state index in [1.807, 2.05) is 60.3 Å². The Balaban J connectivity index is 0.902. The molecule has 0 spiro atoms. The molecule has 2 aliphatic rings. The Morgan fingerprint density at radius 3 is 2.36 bits per heavy atom. The van der Waals surface area contributed by atoms with Crippen molar-refractivity contribution in [3.63, 3.8) is 0 Å². The van der Waals surface area contributed by atoms with Crippen LogP contribution >= 0.6 is 23.4 Å². The van der Waals surface area contributed by atoms with Gasteiger partial charge < -0.3 is 14.2 Å². The Morgan fingerprint density at radius 1 is 0.814 bits per heavy atom. The van der Waals surface area contributed by atoms with Crippen molar-refractivity contribution in [3.8, 4) is 11.1 Å². The number of hydrogen-bond acceptors (Lipinski definition) is 11. The van der Waals surface area contributed by atoms with Gasteiger partial charge in [-0.25, -0.2) is 8.42 Å². The van der Waals surface area contributed by atoms with Crippen LogP contribution in [0.5, 0.6) is 0 Å². The SMILES string of the molecule is O=S(=O)(Nc1noc2cc(N3CCN(Cc4ccccc4-c4ccc(Cl)cc4)CC3)ccc12)c1ccc(C[C@H](CCN2CCOCC2)CSc2ccccc2)c(NO)c1. The highest BCUT2D eigenvalue weighted by atomic mass is 35.5. The van der Waals surface area contributed by atoms with Crippen molar-refractivity contribution >= 4 is 61.5 Å². The molecule has 3 heterocycles. The van der Waals surface area contributed by atoms with Gasteiger partial charge in [-0.15, -0.1) is 11.8 Å². The van der Waals surface area contributed by atoms with Crippen molar-refractivity contribution in [1.82, 2.24) is 15.0 Å². The third kappa shape index (κ3) is 10.4. The van der Waals surface area contributed by atoms with E-state index in [1.54, 1.807) is 12.1 Å². The van der Waals surface area contributed by atoms with E-state index in [1.165, 1.54) is 22.1 Å². The van der Waals surface area contributed by atoms with E-state index in [2.05, 4.69) is 78.6 Å². The monoisotopic (exact) mass is 852 g/mol. The number of thioether (sulfide) groups is 1. The number of nitrogens with zero attached hydrogens (tertiary/aromatic N) is 4. The molecule has 308 valence electrons. The average molecular weight is 854 g/mol. The van der Waals surface area contributed by atoms with Crippen molar-refractivity contribution in [3.05, 3.63) is 131 Å². The van der Waals surface area contributed by atoms with Crippen LogP contribution in [-0.4, -0.2) is 93.4 Å². The second kappa shape index (κ2) is 19.2. The molecule has 11 nitrogen and oxygen atoms in total. The van der Waals surface area contributed by atoms with Crippen LogP contribution in [0.3, 0.4) is 0 Å². The van der Waals surface area contributed by atoms with Crippen LogP contribution in [-0.2, 0) is 27.7 Å². The van der Waals surface area contributed by atoms with Crippen LogP contribution in [0.15, 0.2) is 130 Å². The predicted octanol–water partition coefficient (Wildman–Crippen LogP) is 8.75. The Labute approximate surface area is 355 Å². The maximum Gasteiger partial charge on any atom is 0.263 e. The third-order valence-electron chi connectivity index (χ3n) is 11.2. The van der Waals surface area contributed by atoms with Crippen LogP contribution in [0.1, 0.15) is 17.5 Å². The van der Waals surface area contributed by atoms with Gasteiger partial charge in [-0.2, -0.15) is 0 Å². The normalized spacial score (nSPS) is 16.0. The van der Waals surface area contributed by atoms with Crippen LogP contribution in [0.2, 0.25) is 5.02 Å². The van der Waals surface area contributed by atoms with Gasteiger partial charge in [0.25, 0.3) is 10.0 Å². The molecule has 5 aromatic carbocycles. The zero-order chi connectivity index (χ0) is 40.6. The van der Waals surface area contributed by atoms with Gasteiger partial charge in [0.15, 0.2) is 11.4 Å². The van der Waals surface area contributed by atoms with Crippen molar-refractivity contribution in [2.45, 2.75) is 29.2 Å². The largest absolute Gasteiger partial charge is 0.379 e. The second-order valence-electron chi connectivity index (χ2n) is 15.1. The molecule has 2 saturated heterocycles. The predicted molar refractivity (Wildman–Crippen MR) is 237 cm³/mol. The van der Waals surface area contributed by atoms with E-state index in [4.69, 9.17) is 20.9 Å². The Hall–Kier alpha value is -4.60. The molecular weight excluding hydrogens is 804 g/mol. The molecule has 1 atom stereocenters. The average Bonchev–Trinajstić information content (AvgIpc) is 3.67. The zero-order valence-electron chi connectivity index (χ0n) is 32.8. The first-order chi connectivity index (χ1) is 28.8. The fourth-order valence-corrected chi connectivity index (χ4v) is 10.1. The highest BCUT2D eigenvalue weighted by molar-refractivity contribution is 7.99. The summed E-state index contributed by atoms with van der Waals surface area (Å²) in [7, 11) is -4.08. The minimum atomic E-state index is -4.08. The first-order valence-electron chi connectivity index (χ1n) is 20.1. The summed E-state index contributed by atoms with van der Waals surface area (Å²) in [6.07, 6.45) is 1.63. The smallest absolute Gasteiger partial charge is 0.263 e. The van der Waals surface area contributed by atoms with Crippen LogP contribution in [0, 0.1) is 5.92 Å². The molecule has 0 bridgehead atoms. The number of ether oxygens (including phenoxy) is 1. The Bertz CT molecular complexity index is 2420. The van der Waals surface area contributed by atoms with Gasteiger partial charge >= 0.3 is 0 Å².